The molecule has 1 aliphatic heterocycles. The fourth-order valence-electron chi connectivity index (χ4n) is 5.11. The quantitative estimate of drug-likeness (QED) is 0.341. The predicted octanol–water partition coefficient (Wildman–Crippen LogP) is 6.49. The van der Waals surface area contributed by atoms with Crippen molar-refractivity contribution in [2.45, 2.75) is 58.0 Å². The monoisotopic (exact) mass is 554 g/mol. The van der Waals surface area contributed by atoms with Crippen molar-refractivity contribution in [2.24, 2.45) is 5.41 Å². The number of hydrogen-bond acceptors (Lipinski definition) is 3. The molecule has 5 nitrogen and oxygen atoms in total. The molecule has 1 N–H and O–H groups in total. The standard InChI is InChI=1S/C27H33Cl2FN2O3S/c1-5-12-27(4)16-24(19-13-21(29)15-22(30)14-19)25(18-8-10-20(28)11-9-18)32(26(27)33)23(6-2)17-31-36(34,35)7-3/h5,8-11,13-15,23-25,31H,1,6-7,12,16-17H2,2-4H3/t23-,24?,25+,27-/m0/s1. The summed E-state index contributed by atoms with van der Waals surface area (Å²) in [6.07, 6.45) is 3.10. The van der Waals surface area contributed by atoms with Gasteiger partial charge in [0, 0.05) is 28.5 Å². The Morgan fingerprint density at radius 1 is 1.17 bits per heavy atom. The predicted molar refractivity (Wildman–Crippen MR) is 144 cm³/mol. The molecule has 0 aliphatic carbocycles. The molecule has 196 valence electrons. The van der Waals surface area contributed by atoms with E-state index in [4.69, 9.17) is 23.2 Å². The summed E-state index contributed by atoms with van der Waals surface area (Å²) in [6, 6.07) is 10.8. The summed E-state index contributed by atoms with van der Waals surface area (Å²) in [5.41, 5.74) is 0.692. The van der Waals surface area contributed by atoms with Crippen LogP contribution in [0.2, 0.25) is 10.0 Å². The summed E-state index contributed by atoms with van der Waals surface area (Å²) in [6.45, 7) is 9.31. The highest BCUT2D eigenvalue weighted by Crippen LogP contribution is 2.52. The highest BCUT2D eigenvalue weighted by atomic mass is 35.5. The fraction of sp³-hybridized carbons (Fsp3) is 0.444. The van der Waals surface area contributed by atoms with Crippen LogP contribution < -0.4 is 4.72 Å². The summed E-state index contributed by atoms with van der Waals surface area (Å²) in [7, 11) is -3.47. The molecule has 2 aromatic rings. The van der Waals surface area contributed by atoms with E-state index < -0.39 is 33.3 Å². The average Bonchev–Trinajstić information content (AvgIpc) is 2.82. The molecule has 2 aromatic carbocycles. The normalized spacial score (nSPS) is 23.5. The van der Waals surface area contributed by atoms with Gasteiger partial charge in [-0.1, -0.05) is 55.3 Å². The highest BCUT2D eigenvalue weighted by molar-refractivity contribution is 7.89. The number of allylic oxidation sites excluding steroid dienone is 1. The van der Waals surface area contributed by atoms with Crippen molar-refractivity contribution in [1.82, 2.24) is 9.62 Å². The molecule has 1 unspecified atom stereocenters. The molecule has 9 heteroatoms. The molecule has 4 atom stereocenters. The van der Waals surface area contributed by atoms with Crippen molar-refractivity contribution < 1.29 is 17.6 Å². The van der Waals surface area contributed by atoms with Crippen molar-refractivity contribution in [3.05, 3.63) is 82.1 Å². The maximum Gasteiger partial charge on any atom is 0.229 e. The number of nitrogens with one attached hydrogen (secondary N) is 1. The lowest BCUT2D eigenvalue weighted by Crippen LogP contribution is -2.57. The average molecular weight is 556 g/mol. The van der Waals surface area contributed by atoms with Gasteiger partial charge in [-0.15, -0.1) is 6.58 Å². The molecule has 1 fully saturated rings. The lowest BCUT2D eigenvalue weighted by atomic mass is 9.67. The van der Waals surface area contributed by atoms with Gasteiger partial charge in [-0.25, -0.2) is 17.5 Å². The van der Waals surface area contributed by atoms with E-state index in [0.29, 0.717) is 29.8 Å². The van der Waals surface area contributed by atoms with Gasteiger partial charge in [-0.3, -0.25) is 4.79 Å². The third-order valence-electron chi connectivity index (χ3n) is 7.01. The first-order valence-electron chi connectivity index (χ1n) is 12.1. The smallest absolute Gasteiger partial charge is 0.229 e. The van der Waals surface area contributed by atoms with Gasteiger partial charge in [0.25, 0.3) is 0 Å². The van der Waals surface area contributed by atoms with Gasteiger partial charge in [0.15, 0.2) is 0 Å². The number of piperidine rings is 1. The Balaban J connectivity index is 2.22. The number of nitrogens with zero attached hydrogens (tertiary/aromatic N) is 1. The Bertz CT molecular complexity index is 1190. The number of benzene rings is 2. The van der Waals surface area contributed by atoms with E-state index in [2.05, 4.69) is 11.3 Å². The zero-order valence-electron chi connectivity index (χ0n) is 20.8. The molecular weight excluding hydrogens is 522 g/mol. The Morgan fingerprint density at radius 2 is 1.83 bits per heavy atom. The first-order valence-corrected chi connectivity index (χ1v) is 14.5. The Labute approximate surface area is 223 Å². The number of halogens is 3. The topological polar surface area (TPSA) is 66.5 Å². The molecule has 1 amide bonds. The molecule has 0 spiro atoms. The van der Waals surface area contributed by atoms with E-state index in [1.807, 2.05) is 26.0 Å². The van der Waals surface area contributed by atoms with Gasteiger partial charge in [0.2, 0.25) is 15.9 Å². The molecule has 1 saturated heterocycles. The summed E-state index contributed by atoms with van der Waals surface area (Å²) in [5.74, 6) is -0.914. The molecule has 0 bridgehead atoms. The molecule has 36 heavy (non-hydrogen) atoms. The van der Waals surface area contributed by atoms with Crippen LogP contribution in [0.15, 0.2) is 55.1 Å². The third kappa shape index (κ3) is 6.31. The molecule has 0 aromatic heterocycles. The molecule has 1 aliphatic rings. The van der Waals surface area contributed by atoms with E-state index in [-0.39, 0.29) is 29.1 Å². The van der Waals surface area contributed by atoms with Crippen LogP contribution in [-0.2, 0) is 14.8 Å². The molecule has 1 heterocycles. The highest BCUT2D eigenvalue weighted by Gasteiger charge is 2.51. The maximum absolute atomic E-state index is 14.5. The number of carbonyl (C=O) groups excluding carboxylic acids is 1. The molecule has 3 rings (SSSR count). The van der Waals surface area contributed by atoms with Crippen molar-refractivity contribution >= 4 is 39.1 Å². The van der Waals surface area contributed by atoms with Gasteiger partial charge in [-0.05, 0) is 67.6 Å². The Hall–Kier alpha value is -1.93. The summed E-state index contributed by atoms with van der Waals surface area (Å²) in [4.78, 5) is 16.0. The second kappa shape index (κ2) is 11.6. The van der Waals surface area contributed by atoms with Gasteiger partial charge in [-0.2, -0.15) is 0 Å². The molecule has 0 radical (unpaired) electrons. The van der Waals surface area contributed by atoms with Crippen LogP contribution in [0.3, 0.4) is 0 Å². The molecule has 0 saturated carbocycles. The Kier molecular flexibility index (Phi) is 9.25. The number of likely N-dealkylation sites (tertiary alicyclic amines) is 1. The number of hydrogen-bond donors (Lipinski definition) is 1. The van der Waals surface area contributed by atoms with Gasteiger partial charge >= 0.3 is 0 Å². The van der Waals surface area contributed by atoms with Crippen LogP contribution in [0.25, 0.3) is 0 Å². The minimum Gasteiger partial charge on any atom is -0.330 e. The third-order valence-corrected chi connectivity index (χ3v) is 8.84. The first-order chi connectivity index (χ1) is 16.9. The number of sulfonamides is 1. The van der Waals surface area contributed by atoms with E-state index in [1.165, 1.54) is 12.1 Å². The minimum atomic E-state index is -3.47. The van der Waals surface area contributed by atoms with Gasteiger partial charge in [0.1, 0.15) is 5.82 Å². The summed E-state index contributed by atoms with van der Waals surface area (Å²) < 4.78 is 41.7. The van der Waals surface area contributed by atoms with Crippen LogP contribution in [0.5, 0.6) is 0 Å². The maximum atomic E-state index is 14.5. The number of rotatable bonds is 10. The second-order valence-electron chi connectivity index (χ2n) is 9.59. The van der Waals surface area contributed by atoms with Crippen molar-refractivity contribution in [3.63, 3.8) is 0 Å². The van der Waals surface area contributed by atoms with E-state index in [1.54, 1.807) is 36.1 Å². The van der Waals surface area contributed by atoms with Crippen LogP contribution >= 0.6 is 23.2 Å². The van der Waals surface area contributed by atoms with Crippen LogP contribution in [0, 0.1) is 11.2 Å². The zero-order valence-corrected chi connectivity index (χ0v) is 23.1. The largest absolute Gasteiger partial charge is 0.330 e. The fourth-order valence-corrected chi connectivity index (χ4v) is 6.11. The van der Waals surface area contributed by atoms with E-state index in [0.717, 1.165) is 5.56 Å². The SMILES string of the molecule is C=CC[C@@]1(C)CC(c2cc(F)cc(Cl)c2)[C@@H](c2ccc(Cl)cc2)N([C@@H](CC)CNS(=O)(=O)CC)C1=O. The first kappa shape index (κ1) is 28.6. The minimum absolute atomic E-state index is 0.0589. The van der Waals surface area contributed by atoms with E-state index >= 15 is 0 Å². The van der Waals surface area contributed by atoms with Crippen molar-refractivity contribution in [3.8, 4) is 0 Å². The number of carbonyl (C=O) groups is 1. The summed E-state index contributed by atoms with van der Waals surface area (Å²) >= 11 is 12.4. The number of amides is 1. The zero-order chi connectivity index (χ0) is 26.7. The van der Waals surface area contributed by atoms with Crippen LogP contribution in [0.1, 0.15) is 63.1 Å². The van der Waals surface area contributed by atoms with Gasteiger partial charge < -0.3 is 4.90 Å². The van der Waals surface area contributed by atoms with Crippen LogP contribution in [0.4, 0.5) is 4.39 Å². The van der Waals surface area contributed by atoms with Gasteiger partial charge in [0.05, 0.1) is 17.2 Å². The van der Waals surface area contributed by atoms with E-state index in [9.17, 15) is 17.6 Å². The summed E-state index contributed by atoms with van der Waals surface area (Å²) in [5, 5.41) is 0.827. The second-order valence-corrected chi connectivity index (χ2v) is 12.6. The lowest BCUT2D eigenvalue weighted by Gasteiger charge is -2.52. The lowest BCUT2D eigenvalue weighted by molar-refractivity contribution is -0.154. The van der Waals surface area contributed by atoms with Crippen molar-refractivity contribution in [1.29, 1.82) is 0 Å². The van der Waals surface area contributed by atoms with Crippen molar-refractivity contribution in [2.75, 3.05) is 12.3 Å². The van der Waals surface area contributed by atoms with Crippen LogP contribution in [-0.4, -0.2) is 37.6 Å². The molecular formula is C27H33Cl2FN2O3S. The Morgan fingerprint density at radius 3 is 2.39 bits per heavy atom.